The molecule has 4 aromatic rings. The minimum absolute atomic E-state index is 0.0999. The zero-order valence-corrected chi connectivity index (χ0v) is 17.4. The van der Waals surface area contributed by atoms with Gasteiger partial charge in [0.2, 0.25) is 5.82 Å². The van der Waals surface area contributed by atoms with Crippen LogP contribution in [0.2, 0.25) is 0 Å². The minimum Gasteiger partial charge on any atom is -0.381 e. The second-order valence-electron chi connectivity index (χ2n) is 7.19. The number of rotatable bonds is 3. The van der Waals surface area contributed by atoms with Gasteiger partial charge in [0.1, 0.15) is 17.7 Å². The van der Waals surface area contributed by atoms with E-state index in [4.69, 9.17) is 4.52 Å². The Morgan fingerprint density at radius 3 is 2.39 bits per heavy atom. The number of aliphatic hydroxyl groups is 1. The number of halogens is 4. The first-order valence-corrected chi connectivity index (χ1v) is 9.66. The monoisotopic (exact) mass is 456 g/mol. The summed E-state index contributed by atoms with van der Waals surface area (Å²) >= 11 is 0. The Bertz CT molecular complexity index is 1360. The Morgan fingerprint density at radius 1 is 1.06 bits per heavy atom. The summed E-state index contributed by atoms with van der Waals surface area (Å²) < 4.78 is 59.0. The molecule has 0 aliphatic rings. The standard InChI is InChI=1S/C23H16F4N4O2/c1-13(32)3-4-16-11-17(24)9-10-18(16)22-29-20(30-33-22)14-5-7-15(8-6-14)21-28-19(12-31(21)2)23(25,26)27/h5-13,32H,1-2H3/t13-/m0/s1. The molecule has 2 aromatic carbocycles. The number of benzene rings is 2. The predicted molar refractivity (Wildman–Crippen MR) is 111 cm³/mol. The number of aryl methyl sites for hydroxylation is 1. The fourth-order valence-corrected chi connectivity index (χ4v) is 3.08. The fraction of sp³-hybridized carbons (Fsp3) is 0.174. The molecular weight excluding hydrogens is 440 g/mol. The molecule has 6 nitrogen and oxygen atoms in total. The third kappa shape index (κ3) is 4.78. The molecule has 0 spiro atoms. The molecule has 0 aliphatic heterocycles. The van der Waals surface area contributed by atoms with E-state index in [1.807, 2.05) is 0 Å². The van der Waals surface area contributed by atoms with Crippen molar-refractivity contribution in [3.05, 3.63) is 65.7 Å². The van der Waals surface area contributed by atoms with Crippen LogP contribution in [-0.2, 0) is 13.2 Å². The zero-order valence-electron chi connectivity index (χ0n) is 17.4. The number of hydrogen-bond acceptors (Lipinski definition) is 5. The normalized spacial score (nSPS) is 12.3. The molecule has 1 atom stereocenters. The van der Waals surface area contributed by atoms with Gasteiger partial charge in [0, 0.05) is 29.9 Å². The van der Waals surface area contributed by atoms with Crippen molar-refractivity contribution < 1.29 is 27.2 Å². The van der Waals surface area contributed by atoms with Crippen LogP contribution in [0.25, 0.3) is 34.2 Å². The molecule has 0 unspecified atom stereocenters. The molecule has 4 rings (SSSR count). The second-order valence-corrected chi connectivity index (χ2v) is 7.19. The lowest BCUT2D eigenvalue weighted by Crippen LogP contribution is -2.04. The Hall–Kier alpha value is -3.97. The number of nitrogens with zero attached hydrogens (tertiary/aromatic N) is 4. The maximum absolute atomic E-state index is 13.7. The maximum atomic E-state index is 13.7. The molecule has 0 aliphatic carbocycles. The maximum Gasteiger partial charge on any atom is 0.434 e. The van der Waals surface area contributed by atoms with E-state index >= 15 is 0 Å². The van der Waals surface area contributed by atoms with Crippen molar-refractivity contribution >= 4 is 0 Å². The van der Waals surface area contributed by atoms with Crippen molar-refractivity contribution in [2.75, 3.05) is 0 Å². The molecule has 10 heteroatoms. The van der Waals surface area contributed by atoms with Crippen molar-refractivity contribution in [1.29, 1.82) is 0 Å². The first kappa shape index (κ1) is 22.2. The summed E-state index contributed by atoms with van der Waals surface area (Å²) in [7, 11) is 1.48. The number of hydrogen-bond donors (Lipinski definition) is 1. The third-order valence-corrected chi connectivity index (χ3v) is 4.62. The van der Waals surface area contributed by atoms with Gasteiger partial charge in [-0.25, -0.2) is 9.37 Å². The molecule has 0 bridgehead atoms. The molecule has 2 heterocycles. The van der Waals surface area contributed by atoms with Gasteiger partial charge in [-0.1, -0.05) is 41.3 Å². The smallest absolute Gasteiger partial charge is 0.381 e. The van der Waals surface area contributed by atoms with Crippen molar-refractivity contribution in [3.8, 4) is 46.1 Å². The molecule has 1 N–H and O–H groups in total. The van der Waals surface area contributed by atoms with Crippen LogP contribution in [0, 0.1) is 17.7 Å². The summed E-state index contributed by atoms with van der Waals surface area (Å²) in [6, 6.07) is 10.3. The number of imidazole rings is 1. The van der Waals surface area contributed by atoms with E-state index < -0.39 is 23.8 Å². The van der Waals surface area contributed by atoms with Gasteiger partial charge in [-0.05, 0) is 25.1 Å². The van der Waals surface area contributed by atoms with Crippen LogP contribution >= 0.6 is 0 Å². The fourth-order valence-electron chi connectivity index (χ4n) is 3.08. The average Bonchev–Trinajstić information content (AvgIpc) is 3.39. The molecule has 168 valence electrons. The van der Waals surface area contributed by atoms with E-state index in [2.05, 4.69) is 27.0 Å². The number of aliphatic hydroxyl groups excluding tert-OH is 1. The second kappa shape index (κ2) is 8.52. The Morgan fingerprint density at radius 2 is 1.76 bits per heavy atom. The van der Waals surface area contributed by atoms with Crippen molar-refractivity contribution in [2.45, 2.75) is 19.2 Å². The highest BCUT2D eigenvalue weighted by Gasteiger charge is 2.34. The van der Waals surface area contributed by atoms with E-state index in [0.717, 1.165) is 6.20 Å². The van der Waals surface area contributed by atoms with E-state index in [1.54, 1.807) is 24.3 Å². The SMILES string of the molecule is C[C@H](O)C#Cc1cc(F)ccc1-c1nc(-c2ccc(-c3nc(C(F)(F)F)cn3C)cc2)no1. The van der Waals surface area contributed by atoms with Gasteiger partial charge >= 0.3 is 6.18 Å². The minimum atomic E-state index is -4.53. The van der Waals surface area contributed by atoms with E-state index in [1.165, 1.54) is 36.7 Å². The lowest BCUT2D eigenvalue weighted by atomic mass is 10.1. The highest BCUT2D eigenvalue weighted by molar-refractivity contribution is 5.68. The Labute approximate surface area is 185 Å². The van der Waals surface area contributed by atoms with E-state index in [-0.39, 0.29) is 23.1 Å². The van der Waals surface area contributed by atoms with Gasteiger partial charge in [0.15, 0.2) is 5.69 Å². The molecular formula is C23H16F4N4O2. The topological polar surface area (TPSA) is 77.0 Å². The number of alkyl halides is 3. The van der Waals surface area contributed by atoms with Gasteiger partial charge in [-0.3, -0.25) is 0 Å². The molecule has 2 aromatic heterocycles. The Balaban J connectivity index is 1.64. The number of aromatic nitrogens is 4. The van der Waals surface area contributed by atoms with Crippen molar-refractivity contribution in [2.24, 2.45) is 7.05 Å². The lowest BCUT2D eigenvalue weighted by Gasteiger charge is -2.02. The molecule has 0 saturated heterocycles. The summed E-state index contributed by atoms with van der Waals surface area (Å²) in [4.78, 5) is 8.00. The summed E-state index contributed by atoms with van der Waals surface area (Å²) in [6.45, 7) is 1.48. The van der Waals surface area contributed by atoms with Crippen LogP contribution < -0.4 is 0 Å². The van der Waals surface area contributed by atoms with Crippen molar-refractivity contribution in [3.63, 3.8) is 0 Å². The summed E-state index contributed by atoms with van der Waals surface area (Å²) in [6.07, 6.45) is -4.51. The summed E-state index contributed by atoms with van der Waals surface area (Å²) in [5, 5.41) is 13.3. The van der Waals surface area contributed by atoms with Crippen LogP contribution in [0.4, 0.5) is 17.6 Å². The lowest BCUT2D eigenvalue weighted by molar-refractivity contribution is -0.140. The largest absolute Gasteiger partial charge is 0.434 e. The summed E-state index contributed by atoms with van der Waals surface area (Å²) in [5.41, 5.74) is 0.734. The van der Waals surface area contributed by atoms with Crippen LogP contribution in [-0.4, -0.2) is 30.9 Å². The van der Waals surface area contributed by atoms with Gasteiger partial charge in [-0.15, -0.1) is 0 Å². The molecule has 33 heavy (non-hydrogen) atoms. The highest BCUT2D eigenvalue weighted by atomic mass is 19.4. The van der Waals surface area contributed by atoms with E-state index in [0.29, 0.717) is 16.7 Å². The molecule has 0 amide bonds. The average molecular weight is 456 g/mol. The summed E-state index contributed by atoms with van der Waals surface area (Å²) in [5.74, 6) is 5.22. The third-order valence-electron chi connectivity index (χ3n) is 4.62. The predicted octanol–water partition coefficient (Wildman–Crippen LogP) is 4.69. The van der Waals surface area contributed by atoms with Crippen LogP contribution in [0.5, 0.6) is 0 Å². The molecule has 0 saturated carbocycles. The first-order chi connectivity index (χ1) is 15.6. The van der Waals surface area contributed by atoms with Crippen LogP contribution in [0.3, 0.4) is 0 Å². The van der Waals surface area contributed by atoms with Crippen LogP contribution in [0.1, 0.15) is 18.2 Å². The Kier molecular flexibility index (Phi) is 5.74. The van der Waals surface area contributed by atoms with Gasteiger partial charge in [-0.2, -0.15) is 18.2 Å². The van der Waals surface area contributed by atoms with E-state index in [9.17, 15) is 22.7 Å². The van der Waals surface area contributed by atoms with Gasteiger partial charge in [0.05, 0.1) is 5.56 Å². The van der Waals surface area contributed by atoms with Crippen LogP contribution in [0.15, 0.2) is 53.2 Å². The zero-order chi connectivity index (χ0) is 23.8. The van der Waals surface area contributed by atoms with Crippen molar-refractivity contribution in [1.82, 2.24) is 19.7 Å². The molecule has 0 radical (unpaired) electrons. The van der Waals surface area contributed by atoms with Gasteiger partial charge in [0.25, 0.3) is 5.89 Å². The first-order valence-electron chi connectivity index (χ1n) is 9.66. The highest BCUT2D eigenvalue weighted by Crippen LogP contribution is 2.31. The van der Waals surface area contributed by atoms with Gasteiger partial charge < -0.3 is 14.2 Å². The molecule has 0 fully saturated rings. The quantitative estimate of drug-likeness (QED) is 0.357.